The summed E-state index contributed by atoms with van der Waals surface area (Å²) >= 11 is 0. The van der Waals surface area contributed by atoms with E-state index in [1.54, 1.807) is 0 Å². The molecular formula is C23H18F26O4. The average molecular weight is 852 g/mol. The van der Waals surface area contributed by atoms with Crippen molar-refractivity contribution in [3.63, 3.8) is 0 Å². The predicted molar refractivity (Wildman–Crippen MR) is 116 cm³/mol. The van der Waals surface area contributed by atoms with Crippen LogP contribution in [0.15, 0.2) is 0 Å². The molecule has 30 heteroatoms. The molecule has 53 heavy (non-hydrogen) atoms. The zero-order chi connectivity index (χ0) is 43.3. The van der Waals surface area contributed by atoms with Gasteiger partial charge < -0.3 is 10.2 Å². The van der Waals surface area contributed by atoms with Crippen LogP contribution in [0.3, 0.4) is 0 Å². The smallest absolute Gasteiger partial charge is 0.460 e. The van der Waals surface area contributed by atoms with E-state index in [-0.39, 0.29) is 0 Å². The Hall–Kier alpha value is -2.88. The largest absolute Gasteiger partial charge is 0.481 e. The van der Waals surface area contributed by atoms with E-state index in [4.69, 9.17) is 10.2 Å². The van der Waals surface area contributed by atoms with Gasteiger partial charge in [-0.3, -0.25) is 9.59 Å². The summed E-state index contributed by atoms with van der Waals surface area (Å²) < 4.78 is 344. The van der Waals surface area contributed by atoms with E-state index in [9.17, 15) is 124 Å². The SMILES string of the molecule is O=C(O)C(CCCC(CCC(F)(F)C(F)(F)C(F)(F)C(F)(F)C(F)(F)C(F)(F)F)C(=O)O)CCC(F)(F)C(F)(F)C(F)(F)C(F)(F)C(F)(F)C(F)(F)F. The second kappa shape index (κ2) is 14.6. The lowest BCUT2D eigenvalue weighted by Crippen LogP contribution is -2.70. The molecule has 2 unspecified atom stereocenters. The van der Waals surface area contributed by atoms with E-state index in [1.807, 2.05) is 0 Å². The molecule has 316 valence electrons. The Balaban J connectivity index is 6.00. The number of carboxylic acid groups (broad SMARTS) is 2. The van der Waals surface area contributed by atoms with E-state index in [0.717, 1.165) is 0 Å². The summed E-state index contributed by atoms with van der Waals surface area (Å²) in [5, 5.41) is 18.0. The van der Waals surface area contributed by atoms with Gasteiger partial charge in [0.1, 0.15) is 0 Å². The minimum atomic E-state index is -8.30. The van der Waals surface area contributed by atoms with Crippen molar-refractivity contribution >= 4 is 11.9 Å². The molecule has 0 aliphatic rings. The van der Waals surface area contributed by atoms with Crippen molar-refractivity contribution in [2.45, 2.75) is 117 Å². The molecule has 0 saturated carbocycles. The fourth-order valence-corrected chi connectivity index (χ4v) is 4.02. The van der Waals surface area contributed by atoms with Crippen LogP contribution in [0.25, 0.3) is 0 Å². The van der Waals surface area contributed by atoms with Crippen molar-refractivity contribution in [1.82, 2.24) is 0 Å². The van der Waals surface area contributed by atoms with E-state index >= 15 is 0 Å². The molecule has 0 rings (SSSR count). The number of aliphatic carboxylic acids is 2. The number of carboxylic acids is 2. The van der Waals surface area contributed by atoms with Gasteiger partial charge in [-0.25, -0.2) is 0 Å². The summed E-state index contributed by atoms with van der Waals surface area (Å²) in [4.78, 5) is 22.5. The van der Waals surface area contributed by atoms with Gasteiger partial charge in [0.15, 0.2) is 0 Å². The number of rotatable bonds is 20. The minimum absolute atomic E-state index is 1.24. The molecule has 4 nitrogen and oxygen atoms in total. The molecule has 0 aromatic carbocycles. The van der Waals surface area contributed by atoms with Gasteiger partial charge in [0.2, 0.25) is 0 Å². The highest BCUT2D eigenvalue weighted by molar-refractivity contribution is 5.70. The Morgan fingerprint density at radius 3 is 0.736 bits per heavy atom. The van der Waals surface area contributed by atoms with Crippen LogP contribution in [0, 0.1) is 11.8 Å². The lowest BCUT2D eigenvalue weighted by Gasteiger charge is -2.40. The number of carbonyl (C=O) groups is 2. The zero-order valence-corrected chi connectivity index (χ0v) is 24.6. The molecule has 2 atom stereocenters. The molecule has 0 heterocycles. The molecule has 0 amide bonds. The molecule has 0 spiro atoms. The summed E-state index contributed by atoms with van der Waals surface area (Å²) in [7, 11) is 0. The van der Waals surface area contributed by atoms with Gasteiger partial charge in [0.05, 0.1) is 11.8 Å². The van der Waals surface area contributed by atoms with Crippen LogP contribution < -0.4 is 0 Å². The van der Waals surface area contributed by atoms with Gasteiger partial charge >= 0.3 is 83.5 Å². The van der Waals surface area contributed by atoms with E-state index in [0.29, 0.717) is 0 Å². The third-order valence-corrected chi connectivity index (χ3v) is 7.41. The van der Waals surface area contributed by atoms with Gasteiger partial charge in [-0.05, 0) is 25.7 Å². The lowest BCUT2D eigenvalue weighted by molar-refractivity contribution is -0.440. The highest BCUT2D eigenvalue weighted by atomic mass is 19.4. The van der Waals surface area contributed by atoms with Crippen LogP contribution in [0.2, 0.25) is 0 Å². The van der Waals surface area contributed by atoms with Gasteiger partial charge in [0.25, 0.3) is 0 Å². The Kier molecular flexibility index (Phi) is 13.9. The van der Waals surface area contributed by atoms with Crippen LogP contribution in [-0.2, 0) is 9.59 Å². The number of hydrogen-bond acceptors (Lipinski definition) is 2. The first kappa shape index (κ1) is 50.1. The summed E-state index contributed by atoms with van der Waals surface area (Å²) in [5.74, 6) is -88.7. The van der Waals surface area contributed by atoms with Crippen LogP contribution in [-0.4, -0.2) is 93.7 Å². The summed E-state index contributed by atoms with van der Waals surface area (Å²) in [6.45, 7) is 0. The van der Waals surface area contributed by atoms with Crippen molar-refractivity contribution in [2.24, 2.45) is 11.8 Å². The molecule has 0 radical (unpaired) electrons. The van der Waals surface area contributed by atoms with Crippen LogP contribution in [0.4, 0.5) is 114 Å². The molecular weight excluding hydrogens is 834 g/mol. The maximum atomic E-state index is 14.0. The van der Waals surface area contributed by atoms with Crippen molar-refractivity contribution in [1.29, 1.82) is 0 Å². The van der Waals surface area contributed by atoms with Crippen molar-refractivity contribution < 1.29 is 134 Å². The molecule has 0 fully saturated rings. The third kappa shape index (κ3) is 8.52. The fraction of sp³-hybridized carbons (Fsp3) is 0.913. The highest BCUT2D eigenvalue weighted by Gasteiger charge is 2.92. The topological polar surface area (TPSA) is 74.6 Å². The maximum absolute atomic E-state index is 14.0. The zero-order valence-electron chi connectivity index (χ0n) is 24.6. The van der Waals surface area contributed by atoms with Crippen LogP contribution >= 0.6 is 0 Å². The van der Waals surface area contributed by atoms with Crippen molar-refractivity contribution in [3.8, 4) is 0 Å². The van der Waals surface area contributed by atoms with Gasteiger partial charge in [-0.15, -0.1) is 0 Å². The van der Waals surface area contributed by atoms with Crippen molar-refractivity contribution in [3.05, 3.63) is 0 Å². The van der Waals surface area contributed by atoms with Crippen LogP contribution in [0.1, 0.15) is 44.9 Å². The fourth-order valence-electron chi connectivity index (χ4n) is 4.02. The molecule has 0 aliphatic heterocycles. The standard InChI is InChI=1S/C23H18F26O4/c24-12(25,14(28,29)16(32,33)18(36,37)20(40,41)22(44,45)46)6-4-8(10(50)51)2-1-3-9(11(52)53)5-7-13(26,27)15(30,31)17(34,35)19(38,39)21(42,43)23(47,48)49/h8-9H,1-7H2,(H,50,51)(H,52,53). The Labute approximate surface area is 275 Å². The third-order valence-electron chi connectivity index (χ3n) is 7.41. The Morgan fingerprint density at radius 2 is 0.547 bits per heavy atom. The van der Waals surface area contributed by atoms with E-state index in [2.05, 4.69) is 0 Å². The number of hydrogen-bond donors (Lipinski definition) is 2. The van der Waals surface area contributed by atoms with E-state index < -0.39 is 140 Å². The molecule has 0 aliphatic carbocycles. The molecule has 0 saturated heterocycles. The van der Waals surface area contributed by atoms with Gasteiger partial charge in [0, 0.05) is 12.8 Å². The maximum Gasteiger partial charge on any atom is 0.460 e. The highest BCUT2D eigenvalue weighted by Crippen LogP contribution is 2.62. The summed E-state index contributed by atoms with van der Waals surface area (Å²) in [6.07, 6.45) is -29.9. The number of halogens is 26. The molecule has 0 bridgehead atoms. The predicted octanol–water partition coefficient (Wildman–Crippen LogP) is 10.6. The first-order valence-corrected chi connectivity index (χ1v) is 13.2. The molecule has 0 aromatic heterocycles. The summed E-state index contributed by atoms with van der Waals surface area (Å²) in [5.41, 5.74) is 0. The molecule has 2 N–H and O–H groups in total. The first-order chi connectivity index (χ1) is 22.8. The minimum Gasteiger partial charge on any atom is -0.481 e. The Bertz CT molecular complexity index is 1190. The van der Waals surface area contributed by atoms with Crippen molar-refractivity contribution in [2.75, 3.05) is 0 Å². The first-order valence-electron chi connectivity index (χ1n) is 13.2. The lowest BCUT2D eigenvalue weighted by atomic mass is 9.86. The van der Waals surface area contributed by atoms with Crippen LogP contribution in [0.5, 0.6) is 0 Å². The quantitative estimate of drug-likeness (QED) is 0.120. The second-order valence-electron chi connectivity index (χ2n) is 11.1. The van der Waals surface area contributed by atoms with E-state index in [1.165, 1.54) is 0 Å². The monoisotopic (exact) mass is 852 g/mol. The summed E-state index contributed by atoms with van der Waals surface area (Å²) in [6, 6.07) is 0. The average Bonchev–Trinajstić information content (AvgIpc) is 2.93. The normalized spacial score (nSPS) is 16.8. The van der Waals surface area contributed by atoms with Gasteiger partial charge in [-0.2, -0.15) is 114 Å². The Morgan fingerprint density at radius 1 is 0.340 bits per heavy atom. The molecule has 0 aromatic rings. The van der Waals surface area contributed by atoms with Gasteiger partial charge in [-0.1, -0.05) is 6.42 Å². The second-order valence-corrected chi connectivity index (χ2v) is 11.1. The number of alkyl halides is 26.